The number of hydrogen-bond donors (Lipinski definition) is 2. The molecule has 1 aliphatic heterocycles. The largest absolute Gasteiger partial charge is 0.351 e. The normalized spacial score (nSPS) is 17.1. The number of allylic oxidation sites excluding steroid dienone is 1. The monoisotopic (exact) mass is 559 g/mol. The molecule has 10 nitrogen and oxygen atoms in total. The maximum Gasteiger partial charge on any atom is 0.296 e. The number of benzene rings is 1. The van der Waals surface area contributed by atoms with Crippen molar-refractivity contribution in [3.8, 4) is 6.07 Å². The van der Waals surface area contributed by atoms with Gasteiger partial charge in [0.1, 0.15) is 11.6 Å². The van der Waals surface area contributed by atoms with Crippen molar-refractivity contribution in [2.45, 2.75) is 74.0 Å². The summed E-state index contributed by atoms with van der Waals surface area (Å²) < 4.78 is 7.03. The van der Waals surface area contributed by atoms with Gasteiger partial charge in [0.05, 0.1) is 17.2 Å². The SMILES string of the molecule is C[C@H](NCc1ccc2c(c1)nc(NC(=O)c1ccno1)n2C[C@H]1CCN(C(=O)C(C#N)=CC(C)(C)C)C1)C(C)(C)C. The van der Waals surface area contributed by atoms with Crippen LogP contribution in [0, 0.1) is 28.1 Å². The predicted octanol–water partition coefficient (Wildman–Crippen LogP) is 5.15. The molecule has 1 fully saturated rings. The van der Waals surface area contributed by atoms with Gasteiger partial charge in [-0.25, -0.2) is 4.98 Å². The van der Waals surface area contributed by atoms with Crippen LogP contribution >= 0.6 is 0 Å². The minimum Gasteiger partial charge on any atom is -0.351 e. The summed E-state index contributed by atoms with van der Waals surface area (Å²) >= 11 is 0. The highest BCUT2D eigenvalue weighted by Gasteiger charge is 2.30. The molecule has 1 saturated heterocycles. The zero-order chi connectivity index (χ0) is 29.9. The third kappa shape index (κ3) is 7.41. The van der Waals surface area contributed by atoms with Crippen LogP contribution in [0.4, 0.5) is 5.95 Å². The van der Waals surface area contributed by atoms with Crippen molar-refractivity contribution in [2.75, 3.05) is 18.4 Å². The fourth-order valence-electron chi connectivity index (χ4n) is 4.81. The number of amides is 2. The van der Waals surface area contributed by atoms with Crippen LogP contribution in [0.15, 0.2) is 46.6 Å². The molecule has 2 atom stereocenters. The van der Waals surface area contributed by atoms with Gasteiger partial charge in [0.25, 0.3) is 11.8 Å². The molecule has 10 heteroatoms. The fraction of sp³-hybridized carbons (Fsp3) is 0.516. The first-order valence-corrected chi connectivity index (χ1v) is 14.1. The summed E-state index contributed by atoms with van der Waals surface area (Å²) in [6.07, 6.45) is 3.93. The molecule has 218 valence electrons. The van der Waals surface area contributed by atoms with Crippen LogP contribution in [0.1, 0.15) is 71.0 Å². The summed E-state index contributed by atoms with van der Waals surface area (Å²) in [5.74, 6) is -0.0439. The van der Waals surface area contributed by atoms with Crippen molar-refractivity contribution in [1.29, 1.82) is 5.26 Å². The lowest BCUT2D eigenvalue weighted by Gasteiger charge is -2.28. The molecule has 2 amide bonds. The van der Waals surface area contributed by atoms with E-state index in [1.165, 1.54) is 12.3 Å². The van der Waals surface area contributed by atoms with Crippen LogP contribution in [-0.2, 0) is 17.9 Å². The second kappa shape index (κ2) is 11.9. The molecule has 3 heterocycles. The third-order valence-electron chi connectivity index (χ3n) is 7.55. The van der Waals surface area contributed by atoms with Gasteiger partial charge in [0.15, 0.2) is 0 Å². The molecular weight excluding hydrogens is 518 g/mol. The van der Waals surface area contributed by atoms with Crippen LogP contribution < -0.4 is 10.6 Å². The number of rotatable bonds is 8. The topological polar surface area (TPSA) is 129 Å². The number of carbonyl (C=O) groups excluding carboxylic acids is 2. The Morgan fingerprint density at radius 1 is 1.22 bits per heavy atom. The maximum absolute atomic E-state index is 13.1. The van der Waals surface area contributed by atoms with Gasteiger partial charge >= 0.3 is 0 Å². The van der Waals surface area contributed by atoms with E-state index < -0.39 is 5.91 Å². The number of likely N-dealkylation sites (tertiary alicyclic amines) is 1. The van der Waals surface area contributed by atoms with Gasteiger partial charge in [0, 0.05) is 38.3 Å². The Bertz CT molecular complexity index is 1470. The average Bonchev–Trinajstić information content (AvgIpc) is 3.65. The van der Waals surface area contributed by atoms with Crippen LogP contribution in [0.3, 0.4) is 0 Å². The lowest BCUT2D eigenvalue weighted by atomic mass is 9.88. The average molecular weight is 560 g/mol. The molecule has 2 aromatic heterocycles. The molecule has 1 aliphatic rings. The summed E-state index contributed by atoms with van der Waals surface area (Å²) in [6, 6.07) is 10.1. The predicted molar refractivity (Wildman–Crippen MR) is 158 cm³/mol. The third-order valence-corrected chi connectivity index (χ3v) is 7.55. The van der Waals surface area contributed by atoms with Crippen LogP contribution in [0.2, 0.25) is 0 Å². The number of anilines is 1. The van der Waals surface area contributed by atoms with Crippen LogP contribution in [-0.4, -0.2) is 50.6 Å². The van der Waals surface area contributed by atoms with Crippen molar-refractivity contribution in [2.24, 2.45) is 16.7 Å². The Morgan fingerprint density at radius 2 is 1.98 bits per heavy atom. The van der Waals surface area contributed by atoms with Crippen molar-refractivity contribution in [3.05, 3.63) is 53.4 Å². The lowest BCUT2D eigenvalue weighted by molar-refractivity contribution is -0.125. The van der Waals surface area contributed by atoms with E-state index in [0.717, 1.165) is 23.0 Å². The Labute approximate surface area is 241 Å². The van der Waals surface area contributed by atoms with E-state index in [1.54, 1.807) is 11.0 Å². The highest BCUT2D eigenvalue weighted by atomic mass is 16.5. The molecule has 0 spiro atoms. The number of nitrogens with zero attached hydrogens (tertiary/aromatic N) is 5. The summed E-state index contributed by atoms with van der Waals surface area (Å²) in [7, 11) is 0. The standard InChI is InChI=1S/C31H41N7O3/c1-20(31(5,6)7)33-17-21-8-9-25-24(14-21)35-29(36-27(39)26-10-12-34-41-26)38(25)19-22-11-13-37(18-22)28(40)23(16-32)15-30(2,3)4/h8-10,12,14-15,20,22,33H,11,13,17-19H2,1-7H3,(H,35,36,39)/t20-,22-/m0/s1. The minimum atomic E-state index is -0.436. The molecule has 2 N–H and O–H groups in total. The van der Waals surface area contributed by atoms with Crippen molar-refractivity contribution >= 4 is 28.8 Å². The Kier molecular flexibility index (Phi) is 8.69. The van der Waals surface area contributed by atoms with E-state index in [2.05, 4.69) is 55.6 Å². The maximum atomic E-state index is 13.1. The van der Waals surface area contributed by atoms with Gasteiger partial charge in [-0.2, -0.15) is 5.26 Å². The van der Waals surface area contributed by atoms with E-state index in [9.17, 15) is 14.9 Å². The van der Waals surface area contributed by atoms with Crippen molar-refractivity contribution in [1.82, 2.24) is 24.9 Å². The van der Waals surface area contributed by atoms with Gasteiger partial charge in [-0.05, 0) is 47.8 Å². The lowest BCUT2D eigenvalue weighted by Crippen LogP contribution is -2.37. The number of nitriles is 1. The summed E-state index contributed by atoms with van der Waals surface area (Å²) in [4.78, 5) is 32.5. The second-order valence-electron chi connectivity index (χ2n) is 13.1. The molecule has 0 radical (unpaired) electrons. The molecule has 0 unspecified atom stereocenters. The van der Waals surface area contributed by atoms with Gasteiger partial charge in [-0.15, -0.1) is 0 Å². The number of nitrogens with one attached hydrogen (secondary N) is 2. The Hall–Kier alpha value is -3.97. The van der Waals surface area contributed by atoms with E-state index >= 15 is 0 Å². The Balaban J connectivity index is 1.57. The number of imidazole rings is 1. The zero-order valence-electron chi connectivity index (χ0n) is 25.1. The molecule has 41 heavy (non-hydrogen) atoms. The van der Waals surface area contributed by atoms with E-state index in [1.807, 2.05) is 37.5 Å². The molecule has 0 bridgehead atoms. The van der Waals surface area contributed by atoms with Crippen LogP contribution in [0.5, 0.6) is 0 Å². The number of aromatic nitrogens is 3. The van der Waals surface area contributed by atoms with Crippen molar-refractivity contribution < 1.29 is 14.1 Å². The smallest absolute Gasteiger partial charge is 0.296 e. The first-order valence-electron chi connectivity index (χ1n) is 14.1. The minimum absolute atomic E-state index is 0.0944. The first-order chi connectivity index (χ1) is 19.2. The highest BCUT2D eigenvalue weighted by Crippen LogP contribution is 2.28. The summed E-state index contributed by atoms with van der Waals surface area (Å²) in [5, 5.41) is 19.7. The molecule has 0 aliphatic carbocycles. The van der Waals surface area contributed by atoms with E-state index in [-0.39, 0.29) is 34.0 Å². The molecule has 0 saturated carbocycles. The molecule has 4 rings (SSSR count). The highest BCUT2D eigenvalue weighted by molar-refractivity contribution is 6.02. The fourth-order valence-corrected chi connectivity index (χ4v) is 4.81. The molecular formula is C31H41N7O3. The van der Waals surface area contributed by atoms with Gasteiger partial charge in [-0.1, -0.05) is 58.8 Å². The van der Waals surface area contributed by atoms with E-state index in [4.69, 9.17) is 9.51 Å². The number of fused-ring (bicyclic) bond motifs is 1. The Morgan fingerprint density at radius 3 is 2.61 bits per heavy atom. The van der Waals surface area contributed by atoms with Gasteiger partial charge < -0.3 is 19.3 Å². The summed E-state index contributed by atoms with van der Waals surface area (Å²) in [6.45, 7) is 17.0. The van der Waals surface area contributed by atoms with Gasteiger partial charge in [-0.3, -0.25) is 14.9 Å². The zero-order valence-corrected chi connectivity index (χ0v) is 25.1. The quantitative estimate of drug-likeness (QED) is 0.289. The summed E-state index contributed by atoms with van der Waals surface area (Å²) in [5.41, 5.74) is 2.79. The van der Waals surface area contributed by atoms with Crippen LogP contribution in [0.25, 0.3) is 11.0 Å². The van der Waals surface area contributed by atoms with Gasteiger partial charge in [0.2, 0.25) is 11.7 Å². The number of hydrogen-bond acceptors (Lipinski definition) is 7. The number of carbonyl (C=O) groups is 2. The van der Waals surface area contributed by atoms with E-state index in [0.29, 0.717) is 38.2 Å². The first kappa shape index (κ1) is 30.0. The second-order valence-corrected chi connectivity index (χ2v) is 13.1. The molecule has 1 aromatic carbocycles. The van der Waals surface area contributed by atoms with Crippen molar-refractivity contribution in [3.63, 3.8) is 0 Å². The molecule has 3 aromatic rings.